The molecule has 0 spiro atoms. The van der Waals surface area contributed by atoms with Crippen LogP contribution in [0.3, 0.4) is 0 Å². The first-order valence-corrected chi connectivity index (χ1v) is 8.26. The van der Waals surface area contributed by atoms with E-state index in [9.17, 15) is 18.4 Å². The lowest BCUT2D eigenvalue weighted by atomic mass is 10.2. The van der Waals surface area contributed by atoms with E-state index >= 15 is 0 Å². The van der Waals surface area contributed by atoms with Gasteiger partial charge in [0.05, 0.1) is 7.11 Å². The van der Waals surface area contributed by atoms with Gasteiger partial charge in [0, 0.05) is 11.8 Å². The third kappa shape index (κ3) is 6.39. The van der Waals surface area contributed by atoms with Crippen molar-refractivity contribution in [3.8, 4) is 11.5 Å². The summed E-state index contributed by atoms with van der Waals surface area (Å²) in [6.45, 7) is -1.53. The molecule has 2 aromatic rings. The van der Waals surface area contributed by atoms with Gasteiger partial charge < -0.3 is 19.5 Å². The molecule has 0 unspecified atom stereocenters. The minimum absolute atomic E-state index is 0.0893. The molecule has 0 aliphatic heterocycles. The Hall–Kier alpha value is -3.42. The van der Waals surface area contributed by atoms with Gasteiger partial charge in [-0.2, -0.15) is 8.78 Å². The number of halogens is 2. The number of amides is 1. The van der Waals surface area contributed by atoms with Crippen LogP contribution in [0.25, 0.3) is 6.08 Å². The fraction of sp³-hybridized carbons (Fsp3) is 0.200. The number of hydrogen-bond donors (Lipinski definition) is 1. The van der Waals surface area contributed by atoms with Crippen LogP contribution in [-0.4, -0.2) is 31.7 Å². The monoisotopic (exact) mass is 391 g/mol. The molecular weight excluding hydrogens is 372 g/mol. The zero-order valence-electron chi connectivity index (χ0n) is 15.2. The van der Waals surface area contributed by atoms with Gasteiger partial charge in [-0.3, -0.25) is 4.79 Å². The highest BCUT2D eigenvalue weighted by molar-refractivity contribution is 5.96. The molecule has 0 aliphatic rings. The van der Waals surface area contributed by atoms with Crippen LogP contribution < -0.4 is 14.8 Å². The first kappa shape index (κ1) is 20.9. The Morgan fingerprint density at radius 1 is 1.07 bits per heavy atom. The number of ether oxygens (including phenoxy) is 3. The molecule has 0 radical (unpaired) electrons. The summed E-state index contributed by atoms with van der Waals surface area (Å²) in [5, 5.41) is 2.63. The maximum Gasteiger partial charge on any atom is 0.387 e. The zero-order chi connectivity index (χ0) is 20.5. The highest BCUT2D eigenvalue weighted by Crippen LogP contribution is 2.29. The van der Waals surface area contributed by atoms with Crippen molar-refractivity contribution in [2.24, 2.45) is 0 Å². The van der Waals surface area contributed by atoms with E-state index in [0.29, 0.717) is 11.3 Å². The van der Waals surface area contributed by atoms with Crippen LogP contribution >= 0.6 is 0 Å². The molecule has 1 amide bonds. The molecule has 0 saturated heterocycles. The van der Waals surface area contributed by atoms with Crippen LogP contribution in [0.1, 0.15) is 12.5 Å². The first-order valence-electron chi connectivity index (χ1n) is 8.26. The van der Waals surface area contributed by atoms with E-state index in [4.69, 9.17) is 9.47 Å². The fourth-order valence-corrected chi connectivity index (χ4v) is 2.18. The van der Waals surface area contributed by atoms with Crippen LogP contribution in [0.5, 0.6) is 11.5 Å². The number of hydrogen-bond acceptors (Lipinski definition) is 5. The number of para-hydroxylation sites is 1. The Kier molecular flexibility index (Phi) is 7.50. The number of rotatable bonds is 8. The third-order valence-electron chi connectivity index (χ3n) is 3.52. The van der Waals surface area contributed by atoms with Crippen LogP contribution in [0.4, 0.5) is 14.5 Å². The van der Waals surface area contributed by atoms with Crippen molar-refractivity contribution in [3.63, 3.8) is 0 Å². The first-order chi connectivity index (χ1) is 13.4. The van der Waals surface area contributed by atoms with Crippen molar-refractivity contribution in [1.82, 2.24) is 0 Å². The lowest BCUT2D eigenvalue weighted by Gasteiger charge is -2.12. The molecule has 1 atom stereocenters. The van der Waals surface area contributed by atoms with Gasteiger partial charge in [0.25, 0.3) is 5.91 Å². The fourth-order valence-electron chi connectivity index (χ4n) is 2.18. The topological polar surface area (TPSA) is 73.9 Å². The average Bonchev–Trinajstić information content (AvgIpc) is 2.67. The van der Waals surface area contributed by atoms with E-state index in [1.165, 1.54) is 38.3 Å². The molecule has 28 heavy (non-hydrogen) atoms. The molecule has 2 rings (SSSR count). The number of benzene rings is 2. The second-order valence-corrected chi connectivity index (χ2v) is 5.56. The summed E-state index contributed by atoms with van der Waals surface area (Å²) in [7, 11) is 1.31. The van der Waals surface area contributed by atoms with Gasteiger partial charge in [0.15, 0.2) is 17.6 Å². The van der Waals surface area contributed by atoms with Crippen molar-refractivity contribution >= 4 is 23.6 Å². The Balaban J connectivity index is 1.94. The van der Waals surface area contributed by atoms with Crippen molar-refractivity contribution in [3.05, 3.63) is 60.2 Å². The number of methoxy groups -OCH3 is 1. The SMILES string of the molecule is COc1cc(/C=C/C(=O)O[C@H](C)C(=O)Nc2ccccc2)ccc1OC(F)F. The zero-order valence-corrected chi connectivity index (χ0v) is 15.2. The highest BCUT2D eigenvalue weighted by atomic mass is 19.3. The summed E-state index contributed by atoms with van der Waals surface area (Å²) in [5.74, 6) is -1.24. The number of anilines is 1. The second-order valence-electron chi connectivity index (χ2n) is 5.56. The molecule has 0 bridgehead atoms. The van der Waals surface area contributed by atoms with Crippen molar-refractivity contribution in [2.75, 3.05) is 12.4 Å². The largest absolute Gasteiger partial charge is 0.493 e. The van der Waals surface area contributed by atoms with Gasteiger partial charge in [0.1, 0.15) is 0 Å². The van der Waals surface area contributed by atoms with Crippen molar-refractivity contribution in [1.29, 1.82) is 0 Å². The van der Waals surface area contributed by atoms with E-state index in [0.717, 1.165) is 6.08 Å². The maximum atomic E-state index is 12.3. The summed E-state index contributed by atoms with van der Waals surface area (Å²) in [6.07, 6.45) is 1.52. The molecule has 148 valence electrons. The van der Waals surface area contributed by atoms with E-state index in [1.54, 1.807) is 24.3 Å². The normalized spacial score (nSPS) is 11.9. The van der Waals surface area contributed by atoms with Gasteiger partial charge in [-0.15, -0.1) is 0 Å². The molecule has 2 aromatic carbocycles. The standard InChI is InChI=1S/C20H19F2NO5/c1-13(19(25)23-15-6-4-3-5-7-15)27-18(24)11-9-14-8-10-16(28-20(21)22)17(12-14)26-2/h3-13,20H,1-2H3,(H,23,25)/b11-9+/t13-/m1/s1. The van der Waals surface area contributed by atoms with Crippen LogP contribution in [0, 0.1) is 0 Å². The summed E-state index contributed by atoms with van der Waals surface area (Å²) in [5.41, 5.74) is 1.08. The Labute approximate surface area is 160 Å². The van der Waals surface area contributed by atoms with Gasteiger partial charge in [0.2, 0.25) is 0 Å². The van der Waals surface area contributed by atoms with Gasteiger partial charge in [-0.1, -0.05) is 24.3 Å². The predicted octanol–water partition coefficient (Wildman–Crippen LogP) is 3.88. The lowest BCUT2D eigenvalue weighted by molar-refractivity contribution is -0.148. The summed E-state index contributed by atoms with van der Waals surface area (Å²) in [6, 6.07) is 12.9. The Bertz CT molecular complexity index is 840. The number of carbonyl (C=O) groups is 2. The van der Waals surface area contributed by atoms with E-state index < -0.39 is 24.6 Å². The Morgan fingerprint density at radius 2 is 1.79 bits per heavy atom. The quantitative estimate of drug-likeness (QED) is 0.546. The van der Waals surface area contributed by atoms with E-state index in [1.807, 2.05) is 6.07 Å². The minimum Gasteiger partial charge on any atom is -0.493 e. The van der Waals surface area contributed by atoms with Gasteiger partial charge >= 0.3 is 12.6 Å². The second kappa shape index (κ2) is 10.1. The number of esters is 1. The molecule has 6 nitrogen and oxygen atoms in total. The summed E-state index contributed by atoms with van der Waals surface area (Å²) < 4.78 is 39.0. The molecule has 0 fully saturated rings. The molecule has 0 aliphatic carbocycles. The van der Waals surface area contributed by atoms with Crippen LogP contribution in [0.15, 0.2) is 54.6 Å². The predicted molar refractivity (Wildman–Crippen MR) is 99.3 cm³/mol. The van der Waals surface area contributed by atoms with Crippen molar-refractivity contribution < 1.29 is 32.6 Å². The van der Waals surface area contributed by atoms with E-state index in [2.05, 4.69) is 10.1 Å². The molecule has 0 saturated carbocycles. The number of alkyl halides is 2. The van der Waals surface area contributed by atoms with Crippen LogP contribution in [-0.2, 0) is 14.3 Å². The number of nitrogens with one attached hydrogen (secondary N) is 1. The van der Waals surface area contributed by atoms with Crippen LogP contribution in [0.2, 0.25) is 0 Å². The summed E-state index contributed by atoms with van der Waals surface area (Å²) >= 11 is 0. The smallest absolute Gasteiger partial charge is 0.387 e. The van der Waals surface area contributed by atoms with Gasteiger partial charge in [-0.05, 0) is 42.8 Å². The number of carbonyl (C=O) groups excluding carboxylic acids is 2. The molecule has 1 N–H and O–H groups in total. The molecular formula is C20H19F2NO5. The highest BCUT2D eigenvalue weighted by Gasteiger charge is 2.16. The Morgan fingerprint density at radius 3 is 2.43 bits per heavy atom. The molecule has 8 heteroatoms. The van der Waals surface area contributed by atoms with Crippen molar-refractivity contribution in [2.45, 2.75) is 19.6 Å². The third-order valence-corrected chi connectivity index (χ3v) is 3.52. The average molecular weight is 391 g/mol. The minimum atomic E-state index is -2.98. The van der Waals surface area contributed by atoms with Gasteiger partial charge in [-0.25, -0.2) is 4.79 Å². The molecule has 0 aromatic heterocycles. The summed E-state index contributed by atoms with van der Waals surface area (Å²) in [4.78, 5) is 23.9. The molecule has 0 heterocycles. The lowest BCUT2D eigenvalue weighted by Crippen LogP contribution is -2.29. The maximum absolute atomic E-state index is 12.3. The van der Waals surface area contributed by atoms with E-state index in [-0.39, 0.29) is 11.5 Å².